The molecule has 1 aliphatic rings. The molecule has 0 spiro atoms. The maximum atomic E-state index is 11.8. The summed E-state index contributed by atoms with van der Waals surface area (Å²) in [5.41, 5.74) is -0.392. The lowest BCUT2D eigenvalue weighted by molar-refractivity contribution is -0.150. The lowest BCUT2D eigenvalue weighted by Gasteiger charge is -2.36. The normalized spacial score (nSPS) is 20.3. The molecule has 1 saturated carbocycles. The third-order valence-corrected chi connectivity index (χ3v) is 3.13. The summed E-state index contributed by atoms with van der Waals surface area (Å²) in [5.74, 6) is 0.483. The van der Waals surface area contributed by atoms with Crippen LogP contribution in [-0.2, 0) is 9.53 Å². The smallest absolute Gasteiger partial charge is 0.326 e. The summed E-state index contributed by atoms with van der Waals surface area (Å²) >= 11 is 0. The number of esters is 1. The average Bonchev–Trinajstić information content (AvgIpc) is 2.26. The number of carbonyl (C=O) groups excluding carboxylic acids is 1. The topological polar surface area (TPSA) is 38.3 Å². The first-order chi connectivity index (χ1) is 7.10. The van der Waals surface area contributed by atoms with E-state index in [1.807, 2.05) is 0 Å². The molecule has 1 fully saturated rings. The molecule has 0 atom stereocenters. The zero-order valence-corrected chi connectivity index (χ0v) is 10.1. The summed E-state index contributed by atoms with van der Waals surface area (Å²) in [5, 5.41) is 3.41. The number of hydrogen-bond acceptors (Lipinski definition) is 3. The van der Waals surface area contributed by atoms with Crippen LogP contribution in [0.1, 0.15) is 46.0 Å². The van der Waals surface area contributed by atoms with Gasteiger partial charge in [-0.3, -0.25) is 4.79 Å². The molecule has 3 heteroatoms. The van der Waals surface area contributed by atoms with Crippen molar-refractivity contribution >= 4 is 5.97 Å². The standard InChI is InChI=1S/C12H23NO2/c1-10(2)9-13-12(11(14)15-3)7-5-4-6-8-12/h10,13H,4-9H2,1-3H3. The molecule has 0 saturated heterocycles. The van der Waals surface area contributed by atoms with Crippen LogP contribution in [0.2, 0.25) is 0 Å². The van der Waals surface area contributed by atoms with Crippen LogP contribution in [0.15, 0.2) is 0 Å². The summed E-state index contributed by atoms with van der Waals surface area (Å²) in [6, 6.07) is 0. The maximum absolute atomic E-state index is 11.8. The molecule has 1 rings (SSSR count). The van der Waals surface area contributed by atoms with Gasteiger partial charge in [0.1, 0.15) is 5.54 Å². The lowest BCUT2D eigenvalue weighted by Crippen LogP contribution is -2.54. The van der Waals surface area contributed by atoms with Gasteiger partial charge in [-0.2, -0.15) is 0 Å². The van der Waals surface area contributed by atoms with E-state index >= 15 is 0 Å². The molecule has 0 bridgehead atoms. The molecule has 0 aromatic heterocycles. The molecule has 0 aromatic carbocycles. The van der Waals surface area contributed by atoms with Gasteiger partial charge in [0.15, 0.2) is 0 Å². The highest BCUT2D eigenvalue weighted by atomic mass is 16.5. The third-order valence-electron chi connectivity index (χ3n) is 3.13. The number of methoxy groups -OCH3 is 1. The number of nitrogens with one attached hydrogen (secondary N) is 1. The van der Waals surface area contributed by atoms with Crippen LogP contribution in [-0.4, -0.2) is 25.2 Å². The molecular weight excluding hydrogens is 190 g/mol. The summed E-state index contributed by atoms with van der Waals surface area (Å²) < 4.78 is 4.92. The highest BCUT2D eigenvalue weighted by Gasteiger charge is 2.39. The van der Waals surface area contributed by atoms with Crippen LogP contribution in [0.3, 0.4) is 0 Å². The van der Waals surface area contributed by atoms with Gasteiger partial charge in [0.05, 0.1) is 7.11 Å². The van der Waals surface area contributed by atoms with Crippen molar-refractivity contribution in [1.82, 2.24) is 5.32 Å². The molecule has 0 heterocycles. The summed E-state index contributed by atoms with van der Waals surface area (Å²) in [6.07, 6.45) is 5.33. The molecule has 88 valence electrons. The fourth-order valence-electron chi connectivity index (χ4n) is 2.20. The third kappa shape index (κ3) is 3.20. The zero-order valence-electron chi connectivity index (χ0n) is 10.1. The van der Waals surface area contributed by atoms with Crippen LogP contribution in [0.4, 0.5) is 0 Å². The van der Waals surface area contributed by atoms with Crippen molar-refractivity contribution in [3.63, 3.8) is 0 Å². The number of ether oxygens (including phenoxy) is 1. The van der Waals surface area contributed by atoms with Crippen molar-refractivity contribution in [3.05, 3.63) is 0 Å². The van der Waals surface area contributed by atoms with Gasteiger partial charge >= 0.3 is 5.97 Å². The summed E-state index contributed by atoms with van der Waals surface area (Å²) in [4.78, 5) is 11.8. The fraction of sp³-hybridized carbons (Fsp3) is 0.917. The molecular formula is C12H23NO2. The predicted octanol–water partition coefficient (Wildman–Crippen LogP) is 2.11. The van der Waals surface area contributed by atoms with Crippen LogP contribution in [0.25, 0.3) is 0 Å². The van der Waals surface area contributed by atoms with Gasteiger partial charge in [0.25, 0.3) is 0 Å². The quantitative estimate of drug-likeness (QED) is 0.727. The van der Waals surface area contributed by atoms with E-state index in [-0.39, 0.29) is 5.97 Å². The van der Waals surface area contributed by atoms with Crippen LogP contribution in [0.5, 0.6) is 0 Å². The second kappa shape index (κ2) is 5.50. The Labute approximate surface area is 92.6 Å². The number of hydrogen-bond donors (Lipinski definition) is 1. The molecule has 0 aromatic rings. The first kappa shape index (κ1) is 12.5. The minimum Gasteiger partial charge on any atom is -0.468 e. The average molecular weight is 213 g/mol. The Morgan fingerprint density at radius 3 is 2.40 bits per heavy atom. The molecule has 0 aliphatic heterocycles. The Kier molecular flexibility index (Phi) is 4.58. The van der Waals surface area contributed by atoms with Crippen LogP contribution < -0.4 is 5.32 Å². The van der Waals surface area contributed by atoms with E-state index in [4.69, 9.17) is 4.74 Å². The van der Waals surface area contributed by atoms with Gasteiger partial charge in [-0.15, -0.1) is 0 Å². The first-order valence-corrected chi connectivity index (χ1v) is 5.94. The van der Waals surface area contributed by atoms with Gasteiger partial charge < -0.3 is 10.1 Å². The van der Waals surface area contributed by atoms with Crippen molar-refractivity contribution in [2.75, 3.05) is 13.7 Å². The fourth-order valence-corrected chi connectivity index (χ4v) is 2.20. The highest BCUT2D eigenvalue weighted by Crippen LogP contribution is 2.29. The van der Waals surface area contributed by atoms with Crippen molar-refractivity contribution in [3.8, 4) is 0 Å². The number of rotatable bonds is 4. The Morgan fingerprint density at radius 1 is 1.33 bits per heavy atom. The van der Waals surface area contributed by atoms with E-state index < -0.39 is 5.54 Å². The van der Waals surface area contributed by atoms with E-state index in [2.05, 4.69) is 19.2 Å². The largest absolute Gasteiger partial charge is 0.468 e. The van der Waals surface area contributed by atoms with Crippen molar-refractivity contribution in [2.45, 2.75) is 51.5 Å². The van der Waals surface area contributed by atoms with Crippen LogP contribution >= 0.6 is 0 Å². The Bertz CT molecular complexity index is 208. The zero-order chi connectivity index (χ0) is 11.3. The van der Waals surface area contributed by atoms with E-state index in [9.17, 15) is 4.79 Å². The lowest BCUT2D eigenvalue weighted by atomic mass is 9.81. The van der Waals surface area contributed by atoms with Crippen molar-refractivity contribution < 1.29 is 9.53 Å². The van der Waals surface area contributed by atoms with Crippen molar-refractivity contribution in [2.24, 2.45) is 5.92 Å². The Morgan fingerprint density at radius 2 is 1.93 bits per heavy atom. The van der Waals surface area contributed by atoms with Gasteiger partial charge in [-0.25, -0.2) is 0 Å². The minimum absolute atomic E-state index is 0.0807. The van der Waals surface area contributed by atoms with E-state index in [0.29, 0.717) is 5.92 Å². The van der Waals surface area contributed by atoms with Gasteiger partial charge in [0.2, 0.25) is 0 Å². The van der Waals surface area contributed by atoms with Crippen LogP contribution in [0, 0.1) is 5.92 Å². The van der Waals surface area contributed by atoms with E-state index in [1.54, 1.807) is 0 Å². The minimum atomic E-state index is -0.392. The highest BCUT2D eigenvalue weighted by molar-refractivity contribution is 5.80. The van der Waals surface area contributed by atoms with Gasteiger partial charge in [-0.1, -0.05) is 33.1 Å². The van der Waals surface area contributed by atoms with Crippen molar-refractivity contribution in [1.29, 1.82) is 0 Å². The van der Waals surface area contributed by atoms with E-state index in [0.717, 1.165) is 32.2 Å². The molecule has 0 radical (unpaired) electrons. The van der Waals surface area contributed by atoms with Gasteiger partial charge in [-0.05, 0) is 25.3 Å². The molecule has 15 heavy (non-hydrogen) atoms. The summed E-state index contributed by atoms with van der Waals surface area (Å²) in [7, 11) is 1.48. The second-order valence-electron chi connectivity index (χ2n) is 4.91. The second-order valence-corrected chi connectivity index (χ2v) is 4.91. The summed E-state index contributed by atoms with van der Waals surface area (Å²) in [6.45, 7) is 5.19. The predicted molar refractivity (Wildman–Crippen MR) is 60.7 cm³/mol. The van der Waals surface area contributed by atoms with E-state index in [1.165, 1.54) is 13.5 Å². The Hall–Kier alpha value is -0.570. The molecule has 0 amide bonds. The maximum Gasteiger partial charge on any atom is 0.326 e. The number of carbonyl (C=O) groups is 1. The first-order valence-electron chi connectivity index (χ1n) is 5.94. The Balaban J connectivity index is 2.62. The molecule has 1 aliphatic carbocycles. The SMILES string of the molecule is COC(=O)C1(NCC(C)C)CCCCC1. The molecule has 1 N–H and O–H groups in total. The van der Waals surface area contributed by atoms with Gasteiger partial charge in [0, 0.05) is 0 Å². The molecule has 0 unspecified atom stereocenters. The molecule has 3 nitrogen and oxygen atoms in total. The monoisotopic (exact) mass is 213 g/mol.